The number of carbonyl (C=O) groups is 1. The van der Waals surface area contributed by atoms with Crippen molar-refractivity contribution in [1.29, 1.82) is 5.26 Å². The minimum absolute atomic E-state index is 0.0228. The molecular formula is C11H19N3O. The fraction of sp³-hybridized carbons (Fsp3) is 0.818. The van der Waals surface area contributed by atoms with E-state index in [1.54, 1.807) is 4.90 Å². The Balaban J connectivity index is 2.47. The van der Waals surface area contributed by atoms with Crippen LogP contribution in [0.5, 0.6) is 0 Å². The molecule has 0 radical (unpaired) electrons. The van der Waals surface area contributed by atoms with Gasteiger partial charge in [0.05, 0.1) is 18.5 Å². The third-order valence-corrected chi connectivity index (χ3v) is 2.65. The van der Waals surface area contributed by atoms with E-state index >= 15 is 0 Å². The van der Waals surface area contributed by atoms with Crippen LogP contribution in [-0.4, -0.2) is 29.4 Å². The Bertz CT molecular complexity index is 255. The Kier molecular flexibility index (Phi) is 4.57. The van der Waals surface area contributed by atoms with E-state index in [0.29, 0.717) is 19.0 Å². The summed E-state index contributed by atoms with van der Waals surface area (Å²) in [4.78, 5) is 13.7. The highest BCUT2D eigenvalue weighted by Crippen LogP contribution is 2.27. The first-order chi connectivity index (χ1) is 7.20. The third-order valence-electron chi connectivity index (χ3n) is 2.65. The van der Waals surface area contributed by atoms with E-state index in [-0.39, 0.29) is 11.9 Å². The molecule has 0 aromatic carbocycles. The van der Waals surface area contributed by atoms with Crippen molar-refractivity contribution in [2.75, 3.05) is 6.54 Å². The fourth-order valence-electron chi connectivity index (χ4n) is 1.68. The average Bonchev–Trinajstić information content (AvgIpc) is 3.02. The van der Waals surface area contributed by atoms with Crippen LogP contribution in [0, 0.1) is 11.3 Å². The number of nitrogens with zero attached hydrogens (tertiary/aromatic N) is 2. The predicted octanol–water partition coefficient (Wildman–Crippen LogP) is 1.02. The summed E-state index contributed by atoms with van der Waals surface area (Å²) in [6.45, 7) is 2.56. The second-order valence-electron chi connectivity index (χ2n) is 4.07. The van der Waals surface area contributed by atoms with Gasteiger partial charge >= 0.3 is 0 Å². The maximum absolute atomic E-state index is 11.9. The number of nitrogens with two attached hydrogens (primary N) is 1. The van der Waals surface area contributed by atoms with Gasteiger partial charge in [0.1, 0.15) is 0 Å². The third kappa shape index (κ3) is 3.52. The zero-order valence-corrected chi connectivity index (χ0v) is 9.28. The van der Waals surface area contributed by atoms with Gasteiger partial charge in [0.15, 0.2) is 0 Å². The van der Waals surface area contributed by atoms with Gasteiger partial charge in [-0.2, -0.15) is 5.26 Å². The molecule has 1 unspecified atom stereocenters. The lowest BCUT2D eigenvalue weighted by Crippen LogP contribution is -2.45. The molecule has 1 saturated carbocycles. The lowest BCUT2D eigenvalue weighted by molar-refractivity contribution is -0.133. The lowest BCUT2D eigenvalue weighted by atomic mass is 10.1. The van der Waals surface area contributed by atoms with E-state index in [1.807, 2.05) is 6.92 Å². The lowest BCUT2D eigenvalue weighted by Gasteiger charge is -2.24. The van der Waals surface area contributed by atoms with Crippen LogP contribution in [0.4, 0.5) is 0 Å². The van der Waals surface area contributed by atoms with Gasteiger partial charge in [-0.05, 0) is 19.3 Å². The van der Waals surface area contributed by atoms with Gasteiger partial charge < -0.3 is 10.6 Å². The molecule has 1 atom stereocenters. The quantitative estimate of drug-likeness (QED) is 0.710. The second-order valence-corrected chi connectivity index (χ2v) is 4.07. The van der Waals surface area contributed by atoms with E-state index in [2.05, 4.69) is 6.07 Å². The Morgan fingerprint density at radius 1 is 1.67 bits per heavy atom. The van der Waals surface area contributed by atoms with E-state index in [9.17, 15) is 4.79 Å². The zero-order valence-electron chi connectivity index (χ0n) is 9.28. The first-order valence-corrected chi connectivity index (χ1v) is 5.63. The number of hydrogen-bond donors (Lipinski definition) is 1. The van der Waals surface area contributed by atoms with Crippen molar-refractivity contribution in [2.45, 2.75) is 51.1 Å². The van der Waals surface area contributed by atoms with Gasteiger partial charge in [-0.3, -0.25) is 4.79 Å². The molecule has 1 amide bonds. The Morgan fingerprint density at radius 3 is 2.80 bits per heavy atom. The molecule has 15 heavy (non-hydrogen) atoms. The molecular weight excluding hydrogens is 190 g/mol. The maximum atomic E-state index is 11.9. The summed E-state index contributed by atoms with van der Waals surface area (Å²) in [6, 6.07) is 2.05. The van der Waals surface area contributed by atoms with E-state index in [1.165, 1.54) is 0 Å². The first-order valence-electron chi connectivity index (χ1n) is 5.63. The molecule has 4 nitrogen and oxygen atoms in total. The van der Waals surface area contributed by atoms with Crippen LogP contribution >= 0.6 is 0 Å². The molecule has 1 fully saturated rings. The molecule has 0 aromatic heterocycles. The molecule has 0 saturated heterocycles. The summed E-state index contributed by atoms with van der Waals surface area (Å²) in [6.07, 6.45) is 4.19. The highest BCUT2D eigenvalue weighted by atomic mass is 16.2. The minimum atomic E-state index is -0.380. The zero-order chi connectivity index (χ0) is 11.3. The average molecular weight is 209 g/mol. The van der Waals surface area contributed by atoms with Crippen molar-refractivity contribution in [3.05, 3.63) is 0 Å². The Labute approximate surface area is 91.0 Å². The number of nitriles is 1. The van der Waals surface area contributed by atoms with Gasteiger partial charge in [-0.1, -0.05) is 13.3 Å². The van der Waals surface area contributed by atoms with Crippen molar-refractivity contribution < 1.29 is 4.79 Å². The second kappa shape index (κ2) is 5.72. The number of carbonyl (C=O) groups excluding carboxylic acids is 1. The smallest absolute Gasteiger partial charge is 0.239 e. The first kappa shape index (κ1) is 12.0. The van der Waals surface area contributed by atoms with Crippen LogP contribution in [0.2, 0.25) is 0 Å². The summed E-state index contributed by atoms with van der Waals surface area (Å²) in [5.41, 5.74) is 5.79. The van der Waals surface area contributed by atoms with Crippen molar-refractivity contribution in [2.24, 2.45) is 5.73 Å². The summed E-state index contributed by atoms with van der Waals surface area (Å²) < 4.78 is 0. The minimum Gasteiger partial charge on any atom is -0.337 e. The van der Waals surface area contributed by atoms with Crippen molar-refractivity contribution in [3.8, 4) is 6.07 Å². The van der Waals surface area contributed by atoms with Crippen LogP contribution in [-0.2, 0) is 4.79 Å². The molecule has 1 rings (SSSR count). The summed E-state index contributed by atoms with van der Waals surface area (Å²) in [7, 11) is 0. The fourth-order valence-corrected chi connectivity index (χ4v) is 1.68. The van der Waals surface area contributed by atoms with E-state index < -0.39 is 0 Å². The molecule has 0 bridgehead atoms. The van der Waals surface area contributed by atoms with Crippen LogP contribution in [0.15, 0.2) is 0 Å². The highest BCUT2D eigenvalue weighted by molar-refractivity contribution is 5.82. The molecule has 0 aromatic rings. The van der Waals surface area contributed by atoms with Gasteiger partial charge in [0.2, 0.25) is 5.91 Å². The van der Waals surface area contributed by atoms with E-state index in [4.69, 9.17) is 11.0 Å². The SMILES string of the molecule is CCCC(N)C(=O)N(CCC#N)C1CC1. The van der Waals surface area contributed by atoms with Crippen molar-refractivity contribution in [1.82, 2.24) is 4.90 Å². The number of hydrogen-bond acceptors (Lipinski definition) is 3. The van der Waals surface area contributed by atoms with Crippen molar-refractivity contribution >= 4 is 5.91 Å². The largest absolute Gasteiger partial charge is 0.337 e. The molecule has 2 N–H and O–H groups in total. The molecule has 1 aliphatic rings. The van der Waals surface area contributed by atoms with Crippen molar-refractivity contribution in [3.63, 3.8) is 0 Å². The van der Waals surface area contributed by atoms with Gasteiger partial charge in [-0.15, -0.1) is 0 Å². The highest BCUT2D eigenvalue weighted by Gasteiger charge is 2.33. The van der Waals surface area contributed by atoms with Crippen LogP contribution in [0.1, 0.15) is 39.0 Å². The normalized spacial score (nSPS) is 16.9. The number of rotatable bonds is 6. The Hall–Kier alpha value is -1.08. The molecule has 1 aliphatic carbocycles. The van der Waals surface area contributed by atoms with Gasteiger partial charge in [0.25, 0.3) is 0 Å². The van der Waals surface area contributed by atoms with Crippen LogP contribution < -0.4 is 5.73 Å². The molecule has 0 aliphatic heterocycles. The van der Waals surface area contributed by atoms with Gasteiger partial charge in [0, 0.05) is 12.6 Å². The topological polar surface area (TPSA) is 70.1 Å². The van der Waals surface area contributed by atoms with Gasteiger partial charge in [-0.25, -0.2) is 0 Å². The number of amides is 1. The monoisotopic (exact) mass is 209 g/mol. The van der Waals surface area contributed by atoms with E-state index in [0.717, 1.165) is 25.7 Å². The summed E-state index contributed by atoms with van der Waals surface area (Å²) in [5.74, 6) is 0.0228. The summed E-state index contributed by atoms with van der Waals surface area (Å²) in [5, 5.41) is 8.52. The molecule has 4 heteroatoms. The molecule has 0 heterocycles. The summed E-state index contributed by atoms with van der Waals surface area (Å²) >= 11 is 0. The predicted molar refractivity (Wildman–Crippen MR) is 57.8 cm³/mol. The Morgan fingerprint density at radius 2 is 2.33 bits per heavy atom. The maximum Gasteiger partial charge on any atom is 0.239 e. The van der Waals surface area contributed by atoms with Crippen LogP contribution in [0.25, 0.3) is 0 Å². The molecule has 0 spiro atoms. The molecule has 84 valence electrons. The standard InChI is InChI=1S/C11H19N3O/c1-2-4-10(13)11(15)14(8-3-7-12)9-5-6-9/h9-10H,2-6,8,13H2,1H3. The van der Waals surface area contributed by atoms with Crippen LogP contribution in [0.3, 0.4) is 0 Å².